The van der Waals surface area contributed by atoms with Crippen LogP contribution in [-0.2, 0) is 9.59 Å². The van der Waals surface area contributed by atoms with Gasteiger partial charge < -0.3 is 15.3 Å². The molecular formula is C13H12O6. The lowest BCUT2D eigenvalue weighted by Gasteiger charge is -1.93. The molecule has 0 aliphatic heterocycles. The quantitative estimate of drug-likeness (QED) is 0.714. The van der Waals surface area contributed by atoms with Crippen molar-refractivity contribution < 1.29 is 29.7 Å². The number of benzene rings is 1. The van der Waals surface area contributed by atoms with Crippen molar-refractivity contribution in [1.82, 2.24) is 0 Å². The van der Waals surface area contributed by atoms with Crippen LogP contribution in [0, 0.1) is 0 Å². The normalized spacial score (nSPS) is 9.26. The van der Waals surface area contributed by atoms with Crippen LogP contribution in [0.15, 0.2) is 43.0 Å². The number of carboxylic acid groups (broad SMARTS) is 3. The highest BCUT2D eigenvalue weighted by molar-refractivity contribution is 5.89. The summed E-state index contributed by atoms with van der Waals surface area (Å²) in [5, 5.41) is 24.1. The Morgan fingerprint density at radius 2 is 1.32 bits per heavy atom. The monoisotopic (exact) mass is 264 g/mol. The van der Waals surface area contributed by atoms with Crippen LogP contribution < -0.4 is 0 Å². The molecular weight excluding hydrogens is 252 g/mol. The van der Waals surface area contributed by atoms with Crippen LogP contribution in [-0.4, -0.2) is 33.2 Å². The molecule has 0 saturated heterocycles. The number of hydrogen-bond acceptors (Lipinski definition) is 3. The van der Waals surface area contributed by atoms with Gasteiger partial charge in [0.1, 0.15) is 0 Å². The molecule has 100 valence electrons. The molecule has 0 fully saturated rings. The van der Waals surface area contributed by atoms with E-state index in [1.165, 1.54) is 0 Å². The van der Waals surface area contributed by atoms with Gasteiger partial charge in [-0.3, -0.25) is 0 Å². The number of aliphatic carboxylic acids is 2. The highest BCUT2D eigenvalue weighted by Gasteiger charge is 1.99. The molecule has 0 aliphatic carbocycles. The van der Waals surface area contributed by atoms with Crippen LogP contribution in [0.5, 0.6) is 0 Å². The molecule has 0 aromatic heterocycles. The minimum absolute atomic E-state index is 0.301. The first kappa shape index (κ1) is 16.1. The van der Waals surface area contributed by atoms with Crippen molar-refractivity contribution in [2.75, 3.05) is 0 Å². The lowest BCUT2D eigenvalue weighted by atomic mass is 10.1. The molecule has 0 unspecified atom stereocenters. The smallest absolute Gasteiger partial charge is 0.335 e. The number of carbonyl (C=O) groups is 3. The maximum Gasteiger partial charge on any atom is 0.335 e. The first-order valence-corrected chi connectivity index (χ1v) is 4.96. The summed E-state index contributed by atoms with van der Waals surface area (Å²) in [5.41, 5.74) is 1.23. The van der Waals surface area contributed by atoms with Crippen molar-refractivity contribution in [2.24, 2.45) is 0 Å². The van der Waals surface area contributed by atoms with Crippen LogP contribution in [0.3, 0.4) is 0 Å². The molecule has 1 rings (SSSR count). The molecule has 1 aromatic rings. The van der Waals surface area contributed by atoms with E-state index in [0.717, 1.165) is 5.56 Å². The van der Waals surface area contributed by atoms with E-state index in [9.17, 15) is 14.4 Å². The maximum absolute atomic E-state index is 10.4. The predicted octanol–water partition coefficient (Wildman–Crippen LogP) is 1.74. The third-order valence-electron chi connectivity index (χ3n) is 1.76. The predicted molar refractivity (Wildman–Crippen MR) is 67.9 cm³/mol. The fourth-order valence-corrected chi connectivity index (χ4v) is 0.904. The lowest BCUT2D eigenvalue weighted by Crippen LogP contribution is -1.94. The van der Waals surface area contributed by atoms with Gasteiger partial charge in [0.05, 0.1) is 5.56 Å². The lowest BCUT2D eigenvalue weighted by molar-refractivity contribution is -0.134. The molecule has 0 heterocycles. The third-order valence-corrected chi connectivity index (χ3v) is 1.76. The highest BCUT2D eigenvalue weighted by atomic mass is 16.4. The zero-order valence-corrected chi connectivity index (χ0v) is 9.81. The Bertz CT molecular complexity index is 482. The minimum Gasteiger partial charge on any atom is -0.478 e. The minimum atomic E-state index is -1.26. The van der Waals surface area contributed by atoms with E-state index in [2.05, 4.69) is 6.58 Å². The first-order chi connectivity index (χ1) is 8.86. The summed E-state index contributed by atoms with van der Waals surface area (Å²) >= 11 is 0. The van der Waals surface area contributed by atoms with Crippen LogP contribution in [0.25, 0.3) is 6.08 Å². The Labute approximate surface area is 108 Å². The Morgan fingerprint density at radius 3 is 1.58 bits per heavy atom. The molecule has 3 N–H and O–H groups in total. The van der Waals surface area contributed by atoms with Gasteiger partial charge in [-0.15, -0.1) is 0 Å². The number of hydrogen-bond donors (Lipinski definition) is 3. The fourth-order valence-electron chi connectivity index (χ4n) is 0.904. The summed E-state index contributed by atoms with van der Waals surface area (Å²) in [4.78, 5) is 29.5. The van der Waals surface area contributed by atoms with Crippen molar-refractivity contribution in [2.45, 2.75) is 0 Å². The zero-order chi connectivity index (χ0) is 14.8. The summed E-state index contributed by atoms with van der Waals surface area (Å²) < 4.78 is 0. The Morgan fingerprint density at radius 1 is 0.895 bits per heavy atom. The summed E-state index contributed by atoms with van der Waals surface area (Å²) in [5.74, 6) is -3.42. The standard InChI is InChI=1S/C9H8O2.C4H4O4/c1-2-7-3-5-8(6-4-7)9(10)11;5-3(6)1-2-4(7)8/h2-6H,1H2,(H,10,11);1-2H,(H,5,6)(H,7,8)/b;2-1-. The van der Waals surface area contributed by atoms with Crippen LogP contribution in [0.2, 0.25) is 0 Å². The zero-order valence-electron chi connectivity index (χ0n) is 9.81. The molecule has 0 aliphatic rings. The van der Waals surface area contributed by atoms with Crippen molar-refractivity contribution in [3.8, 4) is 0 Å². The van der Waals surface area contributed by atoms with Gasteiger partial charge in [-0.1, -0.05) is 24.8 Å². The van der Waals surface area contributed by atoms with Crippen molar-refractivity contribution in [1.29, 1.82) is 0 Å². The van der Waals surface area contributed by atoms with E-state index in [4.69, 9.17) is 15.3 Å². The van der Waals surface area contributed by atoms with Gasteiger partial charge in [0.25, 0.3) is 0 Å². The van der Waals surface area contributed by atoms with Gasteiger partial charge in [0.15, 0.2) is 0 Å². The molecule has 0 saturated carbocycles. The van der Waals surface area contributed by atoms with Gasteiger partial charge in [-0.25, -0.2) is 14.4 Å². The van der Waals surface area contributed by atoms with Crippen molar-refractivity contribution in [3.05, 3.63) is 54.1 Å². The van der Waals surface area contributed by atoms with E-state index in [0.29, 0.717) is 17.7 Å². The van der Waals surface area contributed by atoms with E-state index < -0.39 is 17.9 Å². The first-order valence-electron chi connectivity index (χ1n) is 4.96. The molecule has 0 amide bonds. The SMILES string of the molecule is C=Cc1ccc(C(=O)O)cc1.O=C(O)/C=C\C(=O)O. The number of rotatable bonds is 4. The average molecular weight is 264 g/mol. The van der Waals surface area contributed by atoms with Crippen LogP contribution >= 0.6 is 0 Å². The summed E-state index contributed by atoms with van der Waals surface area (Å²) in [7, 11) is 0. The second kappa shape index (κ2) is 8.24. The molecule has 6 nitrogen and oxygen atoms in total. The number of aromatic carboxylic acids is 1. The molecule has 6 heteroatoms. The van der Waals surface area contributed by atoms with Gasteiger partial charge in [0.2, 0.25) is 0 Å². The second-order valence-corrected chi connectivity index (χ2v) is 3.14. The highest BCUT2D eigenvalue weighted by Crippen LogP contribution is 2.04. The molecule has 0 spiro atoms. The van der Waals surface area contributed by atoms with Crippen LogP contribution in [0.1, 0.15) is 15.9 Å². The number of carboxylic acids is 3. The van der Waals surface area contributed by atoms with Crippen LogP contribution in [0.4, 0.5) is 0 Å². The van der Waals surface area contributed by atoms with Gasteiger partial charge in [-0.05, 0) is 17.7 Å². The Hall–Kier alpha value is -2.89. The van der Waals surface area contributed by atoms with E-state index >= 15 is 0 Å². The third kappa shape index (κ3) is 7.92. The van der Waals surface area contributed by atoms with Crippen molar-refractivity contribution in [3.63, 3.8) is 0 Å². The summed E-state index contributed by atoms with van der Waals surface area (Å²) in [6.45, 7) is 3.56. The largest absolute Gasteiger partial charge is 0.478 e. The van der Waals surface area contributed by atoms with E-state index in [1.807, 2.05) is 0 Å². The van der Waals surface area contributed by atoms with E-state index in [-0.39, 0.29) is 0 Å². The summed E-state index contributed by atoms with van der Waals surface area (Å²) in [6, 6.07) is 6.55. The van der Waals surface area contributed by atoms with Gasteiger partial charge in [-0.2, -0.15) is 0 Å². The topological polar surface area (TPSA) is 112 Å². The Balaban J connectivity index is 0.000000362. The van der Waals surface area contributed by atoms with Crippen molar-refractivity contribution >= 4 is 24.0 Å². The molecule has 0 radical (unpaired) electrons. The average Bonchev–Trinajstić information content (AvgIpc) is 2.37. The van der Waals surface area contributed by atoms with Gasteiger partial charge >= 0.3 is 17.9 Å². The molecule has 1 aromatic carbocycles. The summed E-state index contributed by atoms with van der Waals surface area (Å²) in [6.07, 6.45) is 2.79. The van der Waals surface area contributed by atoms with Gasteiger partial charge in [0, 0.05) is 12.2 Å². The van der Waals surface area contributed by atoms with E-state index in [1.54, 1.807) is 30.3 Å². The molecule has 0 bridgehead atoms. The Kier molecular flexibility index (Phi) is 6.98. The molecule has 0 atom stereocenters. The molecule has 19 heavy (non-hydrogen) atoms. The fraction of sp³-hybridized carbons (Fsp3) is 0. The maximum atomic E-state index is 10.4. The second-order valence-electron chi connectivity index (χ2n) is 3.14.